The maximum Gasteiger partial charge on any atom is 0.335 e. The van der Waals surface area contributed by atoms with Crippen LogP contribution >= 0.6 is 0 Å². The van der Waals surface area contributed by atoms with Gasteiger partial charge >= 0.3 is 5.97 Å². The molecule has 0 aliphatic carbocycles. The second-order valence-corrected chi connectivity index (χ2v) is 4.39. The Labute approximate surface area is 125 Å². The second kappa shape index (κ2) is 6.57. The van der Waals surface area contributed by atoms with E-state index in [9.17, 15) is 14.9 Å². The van der Waals surface area contributed by atoms with Crippen molar-refractivity contribution in [3.63, 3.8) is 0 Å². The molecule has 0 fully saturated rings. The number of carboxylic acid groups (broad SMARTS) is 1. The van der Waals surface area contributed by atoms with Gasteiger partial charge in [0, 0.05) is 12.1 Å². The van der Waals surface area contributed by atoms with Crippen molar-refractivity contribution in [1.29, 1.82) is 0 Å². The summed E-state index contributed by atoms with van der Waals surface area (Å²) in [6.07, 6.45) is 0. The van der Waals surface area contributed by atoms with Crippen molar-refractivity contribution >= 4 is 11.7 Å². The number of rotatable bonds is 6. The average Bonchev–Trinajstić information content (AvgIpc) is 2.52. The molecule has 0 unspecified atom stereocenters. The lowest BCUT2D eigenvalue weighted by molar-refractivity contribution is -0.384. The van der Waals surface area contributed by atoms with Gasteiger partial charge in [0.05, 0.1) is 17.6 Å². The third-order valence-corrected chi connectivity index (χ3v) is 2.93. The van der Waals surface area contributed by atoms with Crippen molar-refractivity contribution in [3.8, 4) is 11.5 Å². The number of nitrogens with zero attached hydrogens (tertiary/aromatic N) is 1. The highest BCUT2D eigenvalue weighted by Gasteiger charge is 2.11. The molecule has 22 heavy (non-hydrogen) atoms. The van der Waals surface area contributed by atoms with Crippen LogP contribution in [-0.4, -0.2) is 23.1 Å². The van der Waals surface area contributed by atoms with Crippen molar-refractivity contribution in [3.05, 3.63) is 63.7 Å². The molecule has 0 spiro atoms. The third-order valence-electron chi connectivity index (χ3n) is 2.93. The van der Waals surface area contributed by atoms with Gasteiger partial charge in [0.2, 0.25) is 0 Å². The fraction of sp³-hybridized carbons (Fsp3) is 0.133. The van der Waals surface area contributed by atoms with Gasteiger partial charge in [-0.15, -0.1) is 0 Å². The Bertz CT molecular complexity index is 713. The van der Waals surface area contributed by atoms with E-state index in [-0.39, 0.29) is 23.6 Å². The first kappa shape index (κ1) is 15.3. The smallest absolute Gasteiger partial charge is 0.335 e. The molecule has 7 heteroatoms. The molecule has 2 aromatic rings. The third kappa shape index (κ3) is 3.51. The van der Waals surface area contributed by atoms with Gasteiger partial charge in [-0.25, -0.2) is 4.79 Å². The van der Waals surface area contributed by atoms with Gasteiger partial charge in [0.25, 0.3) is 5.69 Å². The normalized spacial score (nSPS) is 10.0. The molecule has 0 amide bonds. The van der Waals surface area contributed by atoms with Gasteiger partial charge in [0.1, 0.15) is 6.61 Å². The quantitative estimate of drug-likeness (QED) is 0.650. The van der Waals surface area contributed by atoms with Crippen LogP contribution < -0.4 is 9.47 Å². The van der Waals surface area contributed by atoms with Crippen LogP contribution in [0, 0.1) is 10.1 Å². The molecule has 0 saturated carbocycles. The van der Waals surface area contributed by atoms with E-state index in [4.69, 9.17) is 14.6 Å². The molecule has 0 aliphatic heterocycles. The first-order chi connectivity index (χ1) is 10.5. The van der Waals surface area contributed by atoms with Crippen LogP contribution in [0.1, 0.15) is 15.9 Å². The summed E-state index contributed by atoms with van der Waals surface area (Å²) in [5, 5.41) is 19.6. The maximum absolute atomic E-state index is 10.9. The molecule has 0 radical (unpaired) electrons. The molecule has 0 saturated heterocycles. The average molecular weight is 303 g/mol. The summed E-state index contributed by atoms with van der Waals surface area (Å²) >= 11 is 0. The fourth-order valence-electron chi connectivity index (χ4n) is 1.84. The van der Waals surface area contributed by atoms with Gasteiger partial charge in [-0.05, 0) is 23.8 Å². The summed E-state index contributed by atoms with van der Waals surface area (Å²) in [6.45, 7) is 0.102. The number of hydrogen-bond acceptors (Lipinski definition) is 5. The topological polar surface area (TPSA) is 98.9 Å². The number of carboxylic acids is 1. The SMILES string of the molecule is COc1cc(C(=O)O)ccc1OCc1cccc([N+](=O)[O-])c1. The van der Waals surface area contributed by atoms with Crippen molar-refractivity contribution < 1.29 is 24.3 Å². The fourth-order valence-corrected chi connectivity index (χ4v) is 1.84. The monoisotopic (exact) mass is 303 g/mol. The van der Waals surface area contributed by atoms with Crippen LogP contribution in [0.2, 0.25) is 0 Å². The number of methoxy groups -OCH3 is 1. The summed E-state index contributed by atoms with van der Waals surface area (Å²) in [5.41, 5.74) is 0.687. The molecule has 2 aromatic carbocycles. The number of nitro benzene ring substituents is 1. The molecule has 2 rings (SSSR count). The lowest BCUT2D eigenvalue weighted by atomic mass is 10.2. The predicted molar refractivity (Wildman–Crippen MR) is 77.4 cm³/mol. The Morgan fingerprint density at radius 1 is 1.23 bits per heavy atom. The second-order valence-electron chi connectivity index (χ2n) is 4.39. The van der Waals surface area contributed by atoms with Crippen molar-refractivity contribution in [2.75, 3.05) is 7.11 Å². The van der Waals surface area contributed by atoms with Crippen LogP contribution in [0.15, 0.2) is 42.5 Å². The Kier molecular flexibility index (Phi) is 4.57. The zero-order valence-electron chi connectivity index (χ0n) is 11.7. The number of aromatic carboxylic acids is 1. The highest BCUT2D eigenvalue weighted by molar-refractivity contribution is 5.88. The molecule has 0 atom stereocenters. The summed E-state index contributed by atoms with van der Waals surface area (Å²) in [4.78, 5) is 21.1. The van der Waals surface area contributed by atoms with Crippen molar-refractivity contribution in [1.82, 2.24) is 0 Å². The van der Waals surface area contributed by atoms with Crippen LogP contribution in [0.25, 0.3) is 0 Å². The predicted octanol–water partition coefficient (Wildman–Crippen LogP) is 2.88. The number of nitro groups is 1. The van der Waals surface area contributed by atoms with Gasteiger partial charge in [0.15, 0.2) is 11.5 Å². The lowest BCUT2D eigenvalue weighted by Crippen LogP contribution is -2.01. The minimum atomic E-state index is -1.07. The minimum absolute atomic E-state index is 0.0192. The number of carbonyl (C=O) groups is 1. The zero-order chi connectivity index (χ0) is 16.1. The van der Waals surface area contributed by atoms with Gasteiger partial charge in [-0.3, -0.25) is 10.1 Å². The van der Waals surface area contributed by atoms with Gasteiger partial charge in [-0.1, -0.05) is 12.1 Å². The first-order valence-electron chi connectivity index (χ1n) is 6.28. The van der Waals surface area contributed by atoms with Crippen molar-refractivity contribution in [2.45, 2.75) is 6.61 Å². The molecular weight excluding hydrogens is 290 g/mol. The summed E-state index contributed by atoms with van der Waals surface area (Å²) in [7, 11) is 1.40. The zero-order valence-corrected chi connectivity index (χ0v) is 11.7. The van der Waals surface area contributed by atoms with E-state index < -0.39 is 10.9 Å². The van der Waals surface area contributed by atoms with Crippen molar-refractivity contribution in [2.24, 2.45) is 0 Å². The minimum Gasteiger partial charge on any atom is -0.493 e. The highest BCUT2D eigenvalue weighted by atomic mass is 16.6. The Morgan fingerprint density at radius 3 is 2.64 bits per heavy atom. The van der Waals surface area contributed by atoms with E-state index in [1.807, 2.05) is 0 Å². The maximum atomic E-state index is 10.9. The number of benzene rings is 2. The summed E-state index contributed by atoms with van der Waals surface area (Å²) in [5.74, 6) is -0.423. The molecular formula is C15H13NO6. The standard InChI is InChI=1S/C15H13NO6/c1-21-14-8-11(15(17)18)5-6-13(14)22-9-10-3-2-4-12(7-10)16(19)20/h2-8H,9H2,1H3,(H,17,18). The molecule has 114 valence electrons. The van der Waals surface area contributed by atoms with Gasteiger partial charge < -0.3 is 14.6 Å². The van der Waals surface area contributed by atoms with E-state index >= 15 is 0 Å². The Morgan fingerprint density at radius 2 is 2.00 bits per heavy atom. The Balaban J connectivity index is 2.16. The highest BCUT2D eigenvalue weighted by Crippen LogP contribution is 2.29. The molecule has 0 bridgehead atoms. The molecule has 0 heterocycles. The largest absolute Gasteiger partial charge is 0.493 e. The molecule has 0 aromatic heterocycles. The van der Waals surface area contributed by atoms with E-state index in [0.717, 1.165) is 0 Å². The number of hydrogen-bond donors (Lipinski definition) is 1. The van der Waals surface area contributed by atoms with E-state index in [1.165, 1.54) is 37.4 Å². The molecule has 1 N–H and O–H groups in total. The number of ether oxygens (including phenoxy) is 2. The Hall–Kier alpha value is -3.09. The molecule has 7 nitrogen and oxygen atoms in total. The number of non-ortho nitro benzene ring substituents is 1. The van der Waals surface area contributed by atoms with E-state index in [1.54, 1.807) is 12.1 Å². The van der Waals surface area contributed by atoms with Crippen LogP contribution in [0.5, 0.6) is 11.5 Å². The summed E-state index contributed by atoms with van der Waals surface area (Å²) < 4.78 is 10.6. The van der Waals surface area contributed by atoms with E-state index in [2.05, 4.69) is 0 Å². The van der Waals surface area contributed by atoms with Crippen LogP contribution in [-0.2, 0) is 6.61 Å². The lowest BCUT2D eigenvalue weighted by Gasteiger charge is -2.11. The van der Waals surface area contributed by atoms with E-state index in [0.29, 0.717) is 11.3 Å². The van der Waals surface area contributed by atoms with Crippen LogP contribution in [0.3, 0.4) is 0 Å². The van der Waals surface area contributed by atoms with Crippen LogP contribution in [0.4, 0.5) is 5.69 Å². The first-order valence-corrected chi connectivity index (χ1v) is 6.28. The molecule has 0 aliphatic rings. The summed E-state index contributed by atoms with van der Waals surface area (Å²) in [6, 6.07) is 10.3. The van der Waals surface area contributed by atoms with Gasteiger partial charge in [-0.2, -0.15) is 0 Å².